The number of carbonyl (C=O) groups is 1. The lowest BCUT2D eigenvalue weighted by Crippen LogP contribution is -2.40. The minimum absolute atomic E-state index is 0.0727. The molecule has 2 aliphatic heterocycles. The van der Waals surface area contributed by atoms with E-state index in [1.54, 1.807) is 24.0 Å². The summed E-state index contributed by atoms with van der Waals surface area (Å²) >= 11 is 3.74. The minimum atomic E-state index is -0.969. The number of aromatic nitrogens is 1. The topological polar surface area (TPSA) is 59.4 Å². The number of pyridine rings is 1. The summed E-state index contributed by atoms with van der Waals surface area (Å²) in [5.41, 5.74) is 0.191. The predicted molar refractivity (Wildman–Crippen MR) is 80.7 cm³/mol. The average Bonchev–Trinajstić information content (AvgIpc) is 2.87. The zero-order chi connectivity index (χ0) is 14.0. The van der Waals surface area contributed by atoms with Gasteiger partial charge in [0.1, 0.15) is 5.69 Å². The van der Waals surface area contributed by atoms with E-state index in [0.29, 0.717) is 5.25 Å². The van der Waals surface area contributed by atoms with Crippen LogP contribution in [0, 0.1) is 0 Å². The molecule has 1 N–H and O–H groups in total. The van der Waals surface area contributed by atoms with Crippen LogP contribution >= 0.6 is 23.5 Å². The smallest absolute Gasteiger partial charge is 0.354 e. The monoisotopic (exact) mass is 311 g/mol. The van der Waals surface area contributed by atoms with Crippen LogP contribution in [0.15, 0.2) is 23.2 Å². The number of rotatable bonds is 3. The van der Waals surface area contributed by atoms with Gasteiger partial charge in [-0.25, -0.2) is 9.78 Å². The Balaban J connectivity index is 1.68. The standard InChI is InChI=1S/C14H17NO3S2/c16-13(17)12-7-10(1-4-15-12)20-11-2-5-18-14(8-11)3-6-19-9-14/h1,4,7,11H,2-3,5-6,8-9H2,(H,16,17). The van der Waals surface area contributed by atoms with E-state index in [1.165, 1.54) is 5.75 Å². The van der Waals surface area contributed by atoms with Crippen molar-refractivity contribution in [3.8, 4) is 0 Å². The van der Waals surface area contributed by atoms with E-state index in [4.69, 9.17) is 9.84 Å². The minimum Gasteiger partial charge on any atom is -0.477 e. The highest BCUT2D eigenvalue weighted by Crippen LogP contribution is 2.43. The van der Waals surface area contributed by atoms with Crippen molar-refractivity contribution >= 4 is 29.5 Å². The Hall–Kier alpha value is -0.720. The third-order valence-electron chi connectivity index (χ3n) is 3.77. The maximum absolute atomic E-state index is 11.0. The number of carboxylic acids is 1. The summed E-state index contributed by atoms with van der Waals surface area (Å²) in [5, 5.41) is 9.49. The zero-order valence-corrected chi connectivity index (χ0v) is 12.7. The summed E-state index contributed by atoms with van der Waals surface area (Å²) in [5.74, 6) is 1.32. The fourth-order valence-corrected chi connectivity index (χ4v) is 5.42. The number of nitrogens with zero attached hydrogens (tertiary/aromatic N) is 1. The van der Waals surface area contributed by atoms with Crippen LogP contribution in [-0.2, 0) is 4.74 Å². The Morgan fingerprint density at radius 1 is 1.60 bits per heavy atom. The van der Waals surface area contributed by atoms with Crippen molar-refractivity contribution in [2.45, 2.75) is 35.0 Å². The highest BCUT2D eigenvalue weighted by molar-refractivity contribution is 8.00. The Labute approximate surface area is 126 Å². The Kier molecular flexibility index (Phi) is 4.23. The molecule has 1 aromatic rings. The molecule has 1 aromatic heterocycles. The molecule has 2 saturated heterocycles. The maximum atomic E-state index is 11.0. The second kappa shape index (κ2) is 5.95. The van der Waals surface area contributed by atoms with Gasteiger partial charge < -0.3 is 9.84 Å². The van der Waals surface area contributed by atoms with E-state index in [2.05, 4.69) is 4.98 Å². The second-order valence-electron chi connectivity index (χ2n) is 5.25. The van der Waals surface area contributed by atoms with Gasteiger partial charge in [-0.15, -0.1) is 11.8 Å². The predicted octanol–water partition coefficient (Wildman–Crippen LogP) is 2.93. The molecule has 0 aliphatic carbocycles. The molecule has 2 atom stereocenters. The molecular weight excluding hydrogens is 294 g/mol. The number of aromatic carboxylic acids is 1. The van der Waals surface area contributed by atoms with Gasteiger partial charge in [-0.3, -0.25) is 0 Å². The first kappa shape index (κ1) is 14.2. The summed E-state index contributed by atoms with van der Waals surface area (Å²) in [6.07, 6.45) is 4.81. The average molecular weight is 311 g/mol. The first-order valence-electron chi connectivity index (χ1n) is 6.75. The molecule has 3 heterocycles. The Morgan fingerprint density at radius 2 is 2.50 bits per heavy atom. The number of ether oxygens (including phenoxy) is 1. The van der Waals surface area contributed by atoms with Crippen LogP contribution in [0.25, 0.3) is 0 Å². The van der Waals surface area contributed by atoms with Gasteiger partial charge in [0, 0.05) is 28.7 Å². The molecule has 0 saturated carbocycles. The van der Waals surface area contributed by atoms with Gasteiger partial charge in [-0.2, -0.15) is 11.8 Å². The first-order valence-corrected chi connectivity index (χ1v) is 8.78. The molecule has 2 unspecified atom stereocenters. The quantitative estimate of drug-likeness (QED) is 0.926. The molecule has 1 spiro atoms. The molecule has 4 nitrogen and oxygen atoms in total. The second-order valence-corrected chi connectivity index (χ2v) is 7.73. The third kappa shape index (κ3) is 3.13. The molecular formula is C14H17NO3S2. The van der Waals surface area contributed by atoms with Crippen molar-refractivity contribution in [1.82, 2.24) is 4.98 Å². The lowest BCUT2D eigenvalue weighted by atomic mass is 9.93. The zero-order valence-electron chi connectivity index (χ0n) is 11.1. The van der Waals surface area contributed by atoms with Crippen molar-refractivity contribution in [3.63, 3.8) is 0 Å². The fraction of sp³-hybridized carbons (Fsp3) is 0.571. The van der Waals surface area contributed by atoms with Gasteiger partial charge in [0.25, 0.3) is 0 Å². The third-order valence-corrected chi connectivity index (χ3v) is 6.25. The SMILES string of the molecule is O=C(O)c1cc(SC2CCOC3(CCSC3)C2)ccn1. The van der Waals surface area contributed by atoms with Crippen LogP contribution in [-0.4, -0.2) is 45.0 Å². The lowest BCUT2D eigenvalue weighted by molar-refractivity contribution is -0.0562. The number of carboxylic acid groups (broad SMARTS) is 1. The van der Waals surface area contributed by atoms with Gasteiger partial charge in [0.2, 0.25) is 0 Å². The van der Waals surface area contributed by atoms with Crippen LogP contribution in [0.5, 0.6) is 0 Å². The molecule has 20 heavy (non-hydrogen) atoms. The number of thioether (sulfide) groups is 2. The first-order chi connectivity index (χ1) is 9.67. The number of hydrogen-bond donors (Lipinski definition) is 1. The lowest BCUT2D eigenvalue weighted by Gasteiger charge is -2.37. The van der Waals surface area contributed by atoms with E-state index in [-0.39, 0.29) is 11.3 Å². The summed E-state index contributed by atoms with van der Waals surface area (Å²) in [4.78, 5) is 15.8. The van der Waals surface area contributed by atoms with E-state index < -0.39 is 5.97 Å². The van der Waals surface area contributed by atoms with E-state index in [9.17, 15) is 4.79 Å². The van der Waals surface area contributed by atoms with Gasteiger partial charge in [0.05, 0.1) is 5.60 Å². The fourth-order valence-electron chi connectivity index (χ4n) is 2.74. The summed E-state index contributed by atoms with van der Waals surface area (Å²) < 4.78 is 6.02. The van der Waals surface area contributed by atoms with Crippen LogP contribution in [0.4, 0.5) is 0 Å². The molecule has 0 amide bonds. The van der Waals surface area contributed by atoms with Crippen LogP contribution < -0.4 is 0 Å². The van der Waals surface area contributed by atoms with Gasteiger partial charge >= 0.3 is 5.97 Å². The largest absolute Gasteiger partial charge is 0.477 e. The van der Waals surface area contributed by atoms with Crippen molar-refractivity contribution in [2.75, 3.05) is 18.1 Å². The van der Waals surface area contributed by atoms with Crippen molar-refractivity contribution in [1.29, 1.82) is 0 Å². The normalized spacial score (nSPS) is 29.7. The highest BCUT2D eigenvalue weighted by atomic mass is 32.2. The van der Waals surface area contributed by atoms with E-state index in [0.717, 1.165) is 36.5 Å². The molecule has 3 rings (SSSR count). The Bertz CT molecular complexity index is 503. The summed E-state index contributed by atoms with van der Waals surface area (Å²) in [6, 6.07) is 3.56. The van der Waals surface area contributed by atoms with Crippen LogP contribution in [0.1, 0.15) is 29.8 Å². The number of hydrogen-bond acceptors (Lipinski definition) is 5. The van der Waals surface area contributed by atoms with Gasteiger partial charge in [-0.1, -0.05) is 0 Å². The van der Waals surface area contributed by atoms with E-state index in [1.807, 2.05) is 17.8 Å². The molecule has 0 aromatic carbocycles. The Morgan fingerprint density at radius 3 is 3.25 bits per heavy atom. The van der Waals surface area contributed by atoms with Crippen molar-refractivity contribution in [2.24, 2.45) is 0 Å². The maximum Gasteiger partial charge on any atom is 0.354 e. The highest BCUT2D eigenvalue weighted by Gasteiger charge is 2.40. The summed E-state index contributed by atoms with van der Waals surface area (Å²) in [7, 11) is 0. The molecule has 0 bridgehead atoms. The molecule has 0 radical (unpaired) electrons. The molecule has 2 aliphatic rings. The summed E-state index contributed by atoms with van der Waals surface area (Å²) in [6.45, 7) is 0.815. The van der Waals surface area contributed by atoms with Gasteiger partial charge in [-0.05, 0) is 37.1 Å². The van der Waals surface area contributed by atoms with Crippen molar-refractivity contribution in [3.05, 3.63) is 24.0 Å². The van der Waals surface area contributed by atoms with Gasteiger partial charge in [0.15, 0.2) is 0 Å². The van der Waals surface area contributed by atoms with E-state index >= 15 is 0 Å². The van der Waals surface area contributed by atoms with Crippen molar-refractivity contribution < 1.29 is 14.6 Å². The van der Waals surface area contributed by atoms with Crippen LogP contribution in [0.3, 0.4) is 0 Å². The van der Waals surface area contributed by atoms with Crippen LogP contribution in [0.2, 0.25) is 0 Å². The molecule has 2 fully saturated rings. The molecule has 6 heteroatoms. The molecule has 108 valence electrons.